The molecule has 7 heteroatoms. The van der Waals surface area contributed by atoms with Crippen molar-refractivity contribution in [2.75, 3.05) is 19.0 Å². The van der Waals surface area contributed by atoms with E-state index < -0.39 is 9.84 Å². The van der Waals surface area contributed by atoms with Crippen LogP contribution in [0.4, 0.5) is 0 Å². The third kappa shape index (κ3) is 3.10. The molecule has 3 rings (SSSR count). The molecular weight excluding hydrogens is 348 g/mol. The summed E-state index contributed by atoms with van der Waals surface area (Å²) in [6.45, 7) is 2.86. The van der Waals surface area contributed by atoms with Crippen LogP contribution in [0.25, 0.3) is 0 Å². The van der Waals surface area contributed by atoms with Crippen LogP contribution in [0.2, 0.25) is 0 Å². The van der Waals surface area contributed by atoms with E-state index in [-0.39, 0.29) is 23.7 Å². The van der Waals surface area contributed by atoms with Gasteiger partial charge in [-0.3, -0.25) is 0 Å². The molecular formula is C13H15BrO5S. The molecule has 0 bridgehead atoms. The lowest BCUT2D eigenvalue weighted by molar-refractivity contribution is 0.171. The summed E-state index contributed by atoms with van der Waals surface area (Å²) in [4.78, 5) is 0. The van der Waals surface area contributed by atoms with Crippen molar-refractivity contribution < 1.29 is 22.6 Å². The summed E-state index contributed by atoms with van der Waals surface area (Å²) in [5.74, 6) is 1.27. The number of fused-ring (bicyclic) bond motifs is 1. The lowest BCUT2D eigenvalue weighted by atomic mass is 10.2. The topological polar surface area (TPSA) is 65.1 Å². The van der Waals surface area contributed by atoms with Gasteiger partial charge in [0.25, 0.3) is 0 Å². The molecule has 0 spiro atoms. The van der Waals surface area contributed by atoms with Crippen molar-refractivity contribution in [1.29, 1.82) is 0 Å². The van der Waals surface area contributed by atoms with Gasteiger partial charge in [0, 0.05) is 4.47 Å². The molecule has 0 amide bonds. The molecule has 0 radical (unpaired) electrons. The summed E-state index contributed by atoms with van der Waals surface area (Å²) in [6.07, 6.45) is -0.107. The normalized spacial score (nSPS) is 24.5. The zero-order chi connectivity index (χ0) is 14.3. The Morgan fingerprint density at radius 1 is 1.25 bits per heavy atom. The smallest absolute Gasteiger partial charge is 0.162 e. The molecule has 0 N–H and O–H groups in total. The van der Waals surface area contributed by atoms with Crippen LogP contribution in [0, 0.1) is 0 Å². The summed E-state index contributed by atoms with van der Waals surface area (Å²) in [5.41, 5.74) is 0.683. The Morgan fingerprint density at radius 2 is 1.85 bits per heavy atom. The third-order valence-corrected chi connectivity index (χ3v) is 5.67. The fraction of sp³-hybridized carbons (Fsp3) is 0.538. The van der Waals surface area contributed by atoms with Crippen LogP contribution in [0.3, 0.4) is 0 Å². The Bertz CT molecular complexity index is 628. The Hall–Kier alpha value is -0.790. The minimum absolute atomic E-state index is 0.0309. The Morgan fingerprint density at radius 3 is 2.45 bits per heavy atom. The first kappa shape index (κ1) is 14.2. The molecule has 1 aromatic carbocycles. The van der Waals surface area contributed by atoms with Gasteiger partial charge in [0.05, 0.1) is 23.7 Å². The largest absolute Gasteiger partial charge is 0.486 e. The predicted molar refractivity (Wildman–Crippen MR) is 77.0 cm³/mol. The SMILES string of the molecule is C[C@H]1O[C@H]1CS(=O)(=O)Cc1cc2c(cc1Br)OCCO2. The van der Waals surface area contributed by atoms with Gasteiger partial charge < -0.3 is 14.2 Å². The van der Waals surface area contributed by atoms with E-state index in [0.29, 0.717) is 30.3 Å². The van der Waals surface area contributed by atoms with Crippen LogP contribution in [-0.4, -0.2) is 39.6 Å². The second kappa shape index (κ2) is 5.20. The fourth-order valence-electron chi connectivity index (χ4n) is 2.17. The van der Waals surface area contributed by atoms with Crippen LogP contribution in [-0.2, 0) is 20.3 Å². The first-order chi connectivity index (χ1) is 9.44. The molecule has 2 aliphatic rings. The van der Waals surface area contributed by atoms with Crippen LogP contribution in [0.1, 0.15) is 12.5 Å². The minimum atomic E-state index is -3.20. The number of rotatable bonds is 4. The lowest BCUT2D eigenvalue weighted by Gasteiger charge is -2.19. The maximum atomic E-state index is 12.1. The Labute approximate surface area is 126 Å². The molecule has 2 heterocycles. The molecule has 2 aliphatic heterocycles. The van der Waals surface area contributed by atoms with Crippen LogP contribution >= 0.6 is 15.9 Å². The molecule has 0 unspecified atom stereocenters. The van der Waals surface area contributed by atoms with Crippen LogP contribution in [0.5, 0.6) is 11.5 Å². The van der Waals surface area contributed by atoms with Gasteiger partial charge >= 0.3 is 0 Å². The summed E-state index contributed by atoms with van der Waals surface area (Å²) in [6, 6.07) is 3.49. The van der Waals surface area contributed by atoms with Crippen LogP contribution in [0.15, 0.2) is 16.6 Å². The zero-order valence-corrected chi connectivity index (χ0v) is 13.4. The monoisotopic (exact) mass is 362 g/mol. The Kier molecular flexibility index (Phi) is 3.68. The van der Waals surface area contributed by atoms with E-state index >= 15 is 0 Å². The first-order valence-corrected chi connectivity index (χ1v) is 9.00. The van der Waals surface area contributed by atoms with Gasteiger partial charge in [0.15, 0.2) is 21.3 Å². The van der Waals surface area contributed by atoms with E-state index in [9.17, 15) is 8.42 Å². The number of hydrogen-bond acceptors (Lipinski definition) is 5. The predicted octanol–water partition coefficient (Wildman–Crippen LogP) is 1.92. The van der Waals surface area contributed by atoms with E-state index in [1.54, 1.807) is 12.1 Å². The minimum Gasteiger partial charge on any atom is -0.486 e. The number of epoxide rings is 1. The summed E-state index contributed by atoms with van der Waals surface area (Å²) >= 11 is 3.39. The summed E-state index contributed by atoms with van der Waals surface area (Å²) in [7, 11) is -3.20. The van der Waals surface area contributed by atoms with E-state index in [1.165, 1.54) is 0 Å². The zero-order valence-electron chi connectivity index (χ0n) is 11.0. The first-order valence-electron chi connectivity index (χ1n) is 6.38. The van der Waals surface area contributed by atoms with Gasteiger partial charge in [-0.15, -0.1) is 0 Å². The highest BCUT2D eigenvalue weighted by Gasteiger charge is 2.38. The van der Waals surface area contributed by atoms with E-state index in [1.807, 2.05) is 6.92 Å². The third-order valence-electron chi connectivity index (χ3n) is 3.34. The molecule has 20 heavy (non-hydrogen) atoms. The summed E-state index contributed by atoms with van der Waals surface area (Å²) < 4.78 is 41.1. The second-order valence-corrected chi connectivity index (χ2v) is 7.98. The molecule has 5 nitrogen and oxygen atoms in total. The van der Waals surface area contributed by atoms with Gasteiger partial charge in [0.2, 0.25) is 0 Å². The highest BCUT2D eigenvalue weighted by molar-refractivity contribution is 9.10. The van der Waals surface area contributed by atoms with Crippen molar-refractivity contribution in [3.8, 4) is 11.5 Å². The molecule has 0 saturated carbocycles. The van der Waals surface area contributed by atoms with Gasteiger partial charge in [-0.05, 0) is 24.6 Å². The second-order valence-electron chi connectivity index (χ2n) is 5.02. The molecule has 1 fully saturated rings. The van der Waals surface area contributed by atoms with E-state index in [0.717, 1.165) is 4.47 Å². The highest BCUT2D eigenvalue weighted by atomic mass is 79.9. The van der Waals surface area contributed by atoms with Crippen molar-refractivity contribution in [3.05, 3.63) is 22.2 Å². The van der Waals surface area contributed by atoms with Crippen molar-refractivity contribution >= 4 is 25.8 Å². The van der Waals surface area contributed by atoms with Gasteiger partial charge in [-0.1, -0.05) is 15.9 Å². The number of halogens is 1. The average Bonchev–Trinajstić information content (AvgIpc) is 3.04. The molecule has 1 saturated heterocycles. The average molecular weight is 363 g/mol. The van der Waals surface area contributed by atoms with E-state index in [4.69, 9.17) is 14.2 Å². The van der Waals surface area contributed by atoms with Crippen molar-refractivity contribution in [2.24, 2.45) is 0 Å². The number of benzene rings is 1. The standard InChI is InChI=1S/C13H15BrO5S/c1-8-13(19-8)7-20(15,16)6-9-4-11-12(5-10(9)14)18-3-2-17-11/h4-5,8,13H,2-3,6-7H2,1H3/t8-,13+/m1/s1. The maximum absolute atomic E-state index is 12.1. The maximum Gasteiger partial charge on any atom is 0.162 e. The molecule has 1 aromatic rings. The highest BCUT2D eigenvalue weighted by Crippen LogP contribution is 2.36. The van der Waals surface area contributed by atoms with Gasteiger partial charge in [-0.2, -0.15) is 0 Å². The number of sulfone groups is 1. The fourth-order valence-corrected chi connectivity index (χ4v) is 4.50. The van der Waals surface area contributed by atoms with Crippen molar-refractivity contribution in [3.63, 3.8) is 0 Å². The van der Waals surface area contributed by atoms with Crippen LogP contribution < -0.4 is 9.47 Å². The molecule has 0 aromatic heterocycles. The number of hydrogen-bond donors (Lipinski definition) is 0. The van der Waals surface area contributed by atoms with E-state index in [2.05, 4.69) is 15.9 Å². The molecule has 2 atom stereocenters. The van der Waals surface area contributed by atoms with Crippen molar-refractivity contribution in [1.82, 2.24) is 0 Å². The van der Waals surface area contributed by atoms with Crippen molar-refractivity contribution in [2.45, 2.75) is 24.9 Å². The summed E-state index contributed by atoms with van der Waals surface area (Å²) in [5, 5.41) is 0. The molecule has 110 valence electrons. The lowest BCUT2D eigenvalue weighted by Crippen LogP contribution is -2.17. The molecule has 0 aliphatic carbocycles. The van der Waals surface area contributed by atoms with Gasteiger partial charge in [0.1, 0.15) is 13.2 Å². The quantitative estimate of drug-likeness (QED) is 0.765. The van der Waals surface area contributed by atoms with Gasteiger partial charge in [-0.25, -0.2) is 8.42 Å². The Balaban J connectivity index is 1.79. The number of ether oxygens (including phenoxy) is 3.